The molecule has 0 spiro atoms. The van der Waals surface area contributed by atoms with Gasteiger partial charge in [0.2, 0.25) is 0 Å². The van der Waals surface area contributed by atoms with Crippen LogP contribution in [0.5, 0.6) is 0 Å². The van der Waals surface area contributed by atoms with Crippen molar-refractivity contribution in [1.82, 2.24) is 0 Å². The number of unbranched alkanes of at least 4 members (excludes halogenated alkanes) is 1. The van der Waals surface area contributed by atoms with E-state index in [9.17, 15) is 14.4 Å². The fraction of sp³-hybridized carbons (Fsp3) is 0.615. The molecule has 0 saturated carbocycles. The number of aliphatic carboxylic acids is 3. The van der Waals surface area contributed by atoms with Gasteiger partial charge in [0.05, 0.1) is 0 Å². The summed E-state index contributed by atoms with van der Waals surface area (Å²) in [5.74, 6) is -3.16. The minimum absolute atomic E-state index is 0.00146. The minimum atomic E-state index is -1.08. The molecule has 0 heterocycles. The van der Waals surface area contributed by atoms with Crippen LogP contribution >= 0.6 is 0 Å². The summed E-state index contributed by atoms with van der Waals surface area (Å²) < 4.78 is 0. The molecule has 0 aromatic heterocycles. The number of hydrogen-bond acceptors (Lipinski definition) is 3. The Bertz CT molecular complexity index is 347. The molecule has 0 radical (unpaired) electrons. The maximum Gasteiger partial charge on any atom is 0.331 e. The molecule has 0 rings (SSSR count). The van der Waals surface area contributed by atoms with Crippen LogP contribution in [-0.2, 0) is 14.4 Å². The summed E-state index contributed by atoms with van der Waals surface area (Å²) in [6.07, 6.45) is 2.50. The van der Waals surface area contributed by atoms with E-state index in [0.717, 1.165) is 0 Å². The van der Waals surface area contributed by atoms with Gasteiger partial charge in [-0.25, -0.2) is 4.79 Å². The van der Waals surface area contributed by atoms with E-state index in [2.05, 4.69) is 6.58 Å². The zero-order chi connectivity index (χ0) is 14.8. The molecule has 0 aromatic rings. The van der Waals surface area contributed by atoms with Gasteiger partial charge in [-0.05, 0) is 31.6 Å². The van der Waals surface area contributed by atoms with E-state index in [1.807, 2.05) is 0 Å². The molecule has 6 nitrogen and oxygen atoms in total. The highest BCUT2D eigenvalue weighted by Crippen LogP contribution is 2.23. The third kappa shape index (κ3) is 8.82. The standard InChI is InChI=1S/C13H20O6/c1-9(13(18)19)10(6-4-8-12(16)17)5-2-3-7-11(14)15/h10H,1-8H2,(H,14,15)(H,16,17)(H,18,19). The topological polar surface area (TPSA) is 112 Å². The molecule has 1 atom stereocenters. The van der Waals surface area contributed by atoms with E-state index in [-0.39, 0.29) is 24.3 Å². The second-order valence-corrected chi connectivity index (χ2v) is 4.45. The van der Waals surface area contributed by atoms with Gasteiger partial charge >= 0.3 is 17.9 Å². The van der Waals surface area contributed by atoms with E-state index in [4.69, 9.17) is 15.3 Å². The van der Waals surface area contributed by atoms with Gasteiger partial charge in [0.25, 0.3) is 0 Å². The van der Waals surface area contributed by atoms with Crippen LogP contribution in [0.3, 0.4) is 0 Å². The summed E-state index contributed by atoms with van der Waals surface area (Å²) in [5.41, 5.74) is 0.0701. The highest BCUT2D eigenvalue weighted by Gasteiger charge is 2.18. The van der Waals surface area contributed by atoms with Crippen LogP contribution in [0, 0.1) is 5.92 Å². The van der Waals surface area contributed by atoms with Crippen molar-refractivity contribution < 1.29 is 29.7 Å². The van der Waals surface area contributed by atoms with Crippen molar-refractivity contribution in [1.29, 1.82) is 0 Å². The van der Waals surface area contributed by atoms with Crippen molar-refractivity contribution in [3.05, 3.63) is 12.2 Å². The first kappa shape index (κ1) is 17.2. The molecule has 1 unspecified atom stereocenters. The fourth-order valence-corrected chi connectivity index (χ4v) is 1.83. The molecule has 6 heteroatoms. The molecular formula is C13H20O6. The first-order valence-corrected chi connectivity index (χ1v) is 6.20. The Morgan fingerprint density at radius 3 is 1.79 bits per heavy atom. The van der Waals surface area contributed by atoms with Gasteiger partial charge in [0.1, 0.15) is 0 Å². The van der Waals surface area contributed by atoms with Crippen LogP contribution < -0.4 is 0 Å². The zero-order valence-electron chi connectivity index (χ0n) is 10.8. The molecule has 0 fully saturated rings. The molecule has 0 aliphatic heterocycles. The average Bonchev–Trinajstić information content (AvgIpc) is 2.30. The number of carboxylic acid groups (broad SMARTS) is 3. The smallest absolute Gasteiger partial charge is 0.331 e. The number of carbonyl (C=O) groups is 3. The largest absolute Gasteiger partial charge is 0.481 e. The molecule has 0 bridgehead atoms. The van der Waals surface area contributed by atoms with Crippen molar-refractivity contribution in [3.63, 3.8) is 0 Å². The molecular weight excluding hydrogens is 252 g/mol. The summed E-state index contributed by atoms with van der Waals surface area (Å²) in [7, 11) is 0. The van der Waals surface area contributed by atoms with Gasteiger partial charge < -0.3 is 15.3 Å². The zero-order valence-corrected chi connectivity index (χ0v) is 10.8. The van der Waals surface area contributed by atoms with Crippen LogP contribution in [0.2, 0.25) is 0 Å². The van der Waals surface area contributed by atoms with E-state index >= 15 is 0 Å². The number of rotatable bonds is 11. The lowest BCUT2D eigenvalue weighted by molar-refractivity contribution is -0.138. The van der Waals surface area contributed by atoms with Gasteiger partial charge in [0, 0.05) is 18.4 Å². The second-order valence-electron chi connectivity index (χ2n) is 4.45. The van der Waals surface area contributed by atoms with Crippen molar-refractivity contribution in [2.24, 2.45) is 5.92 Å². The minimum Gasteiger partial charge on any atom is -0.481 e. The molecule has 0 aromatic carbocycles. The lowest BCUT2D eigenvalue weighted by Gasteiger charge is -2.16. The Labute approximate surface area is 111 Å². The van der Waals surface area contributed by atoms with Crippen molar-refractivity contribution >= 4 is 17.9 Å². The Hall–Kier alpha value is -1.85. The first-order chi connectivity index (χ1) is 8.84. The highest BCUT2D eigenvalue weighted by molar-refractivity contribution is 5.86. The third-order valence-electron chi connectivity index (χ3n) is 2.90. The van der Waals surface area contributed by atoms with Gasteiger partial charge in [-0.1, -0.05) is 13.0 Å². The van der Waals surface area contributed by atoms with E-state index in [1.54, 1.807) is 0 Å². The quantitative estimate of drug-likeness (QED) is 0.392. The van der Waals surface area contributed by atoms with Crippen LogP contribution in [0.15, 0.2) is 12.2 Å². The van der Waals surface area contributed by atoms with E-state index < -0.39 is 17.9 Å². The maximum absolute atomic E-state index is 10.9. The lowest BCUT2D eigenvalue weighted by atomic mass is 9.89. The highest BCUT2D eigenvalue weighted by atomic mass is 16.4. The van der Waals surface area contributed by atoms with Gasteiger partial charge in [-0.3, -0.25) is 9.59 Å². The Morgan fingerprint density at radius 2 is 1.32 bits per heavy atom. The summed E-state index contributed by atoms with van der Waals surface area (Å²) in [6, 6.07) is 0. The molecule has 19 heavy (non-hydrogen) atoms. The molecule has 3 N–H and O–H groups in total. The van der Waals surface area contributed by atoms with Gasteiger partial charge in [-0.2, -0.15) is 0 Å². The summed E-state index contributed by atoms with van der Waals surface area (Å²) in [6.45, 7) is 3.50. The van der Waals surface area contributed by atoms with Crippen LogP contribution in [0.25, 0.3) is 0 Å². The molecule has 0 amide bonds. The average molecular weight is 272 g/mol. The molecule has 108 valence electrons. The van der Waals surface area contributed by atoms with Crippen LogP contribution in [0.4, 0.5) is 0 Å². The number of hydrogen-bond donors (Lipinski definition) is 3. The molecule has 0 saturated heterocycles. The SMILES string of the molecule is C=C(C(=O)O)C(CCCCC(=O)O)CCCC(=O)O. The summed E-state index contributed by atoms with van der Waals surface area (Å²) >= 11 is 0. The van der Waals surface area contributed by atoms with Gasteiger partial charge in [-0.15, -0.1) is 0 Å². The molecule has 0 aliphatic rings. The first-order valence-electron chi connectivity index (χ1n) is 6.20. The lowest BCUT2D eigenvalue weighted by Crippen LogP contribution is -2.13. The maximum atomic E-state index is 10.9. The summed E-state index contributed by atoms with van der Waals surface area (Å²) in [5, 5.41) is 25.9. The van der Waals surface area contributed by atoms with Crippen LogP contribution in [0.1, 0.15) is 44.9 Å². The van der Waals surface area contributed by atoms with Crippen molar-refractivity contribution in [2.75, 3.05) is 0 Å². The van der Waals surface area contributed by atoms with Crippen molar-refractivity contribution in [3.8, 4) is 0 Å². The Balaban J connectivity index is 4.18. The Kier molecular flexibility index (Phi) is 8.24. The predicted octanol–water partition coefficient (Wildman–Crippen LogP) is 2.14. The van der Waals surface area contributed by atoms with Crippen molar-refractivity contribution in [2.45, 2.75) is 44.9 Å². The third-order valence-corrected chi connectivity index (χ3v) is 2.90. The number of carboxylic acids is 3. The monoisotopic (exact) mass is 272 g/mol. The normalized spacial score (nSPS) is 11.8. The fourth-order valence-electron chi connectivity index (χ4n) is 1.83. The predicted molar refractivity (Wildman–Crippen MR) is 67.9 cm³/mol. The van der Waals surface area contributed by atoms with E-state index in [0.29, 0.717) is 32.1 Å². The summed E-state index contributed by atoms with van der Waals surface area (Å²) in [4.78, 5) is 31.6. The van der Waals surface area contributed by atoms with E-state index in [1.165, 1.54) is 0 Å². The van der Waals surface area contributed by atoms with Crippen LogP contribution in [-0.4, -0.2) is 33.2 Å². The van der Waals surface area contributed by atoms with Gasteiger partial charge in [0.15, 0.2) is 0 Å². The molecule has 0 aliphatic carbocycles. The second kappa shape index (κ2) is 9.13. The Morgan fingerprint density at radius 1 is 0.842 bits per heavy atom.